The summed E-state index contributed by atoms with van der Waals surface area (Å²) >= 11 is 5.85. The van der Waals surface area contributed by atoms with Crippen LogP contribution >= 0.6 is 11.6 Å². The third-order valence-electron chi connectivity index (χ3n) is 2.49. The summed E-state index contributed by atoms with van der Waals surface area (Å²) in [6.45, 7) is 0. The minimum Gasteiger partial charge on any atom is -0.496 e. The van der Waals surface area contributed by atoms with E-state index in [1.807, 2.05) is 0 Å². The first-order chi connectivity index (χ1) is 8.63. The molecule has 2 rings (SSSR count). The number of ketones is 1. The first-order valence-electron chi connectivity index (χ1n) is 5.22. The zero-order valence-corrected chi connectivity index (χ0v) is 10.4. The van der Waals surface area contributed by atoms with E-state index in [1.54, 1.807) is 30.3 Å². The van der Waals surface area contributed by atoms with Crippen LogP contribution in [0.1, 0.15) is 15.9 Å². The van der Waals surface area contributed by atoms with E-state index in [-0.39, 0.29) is 11.6 Å². The molecule has 0 aliphatic heterocycles. The van der Waals surface area contributed by atoms with Crippen LogP contribution in [0.3, 0.4) is 0 Å². The number of rotatable bonds is 3. The van der Waals surface area contributed by atoms with Gasteiger partial charge in [-0.3, -0.25) is 4.79 Å². The number of methoxy groups -OCH3 is 1. The van der Waals surface area contributed by atoms with Crippen molar-refractivity contribution in [2.75, 3.05) is 12.8 Å². The topological polar surface area (TPSA) is 65.2 Å². The average molecular weight is 263 g/mol. The Balaban J connectivity index is 2.50. The minimum atomic E-state index is -0.242. The summed E-state index contributed by atoms with van der Waals surface area (Å²) in [6.07, 6.45) is 1.53. The molecule has 5 heteroatoms. The van der Waals surface area contributed by atoms with Gasteiger partial charge < -0.3 is 10.5 Å². The van der Waals surface area contributed by atoms with Crippen molar-refractivity contribution in [3.8, 4) is 5.75 Å². The van der Waals surface area contributed by atoms with Gasteiger partial charge in [0.1, 0.15) is 11.6 Å². The Bertz CT molecular complexity index is 599. The molecule has 1 aromatic heterocycles. The average Bonchev–Trinajstić information content (AvgIpc) is 2.38. The molecule has 1 heterocycles. The summed E-state index contributed by atoms with van der Waals surface area (Å²) in [5.74, 6) is 0.365. The number of ether oxygens (including phenoxy) is 1. The number of anilines is 1. The van der Waals surface area contributed by atoms with Crippen LogP contribution in [0.5, 0.6) is 5.75 Å². The number of pyridine rings is 1. The molecule has 0 aliphatic carbocycles. The van der Waals surface area contributed by atoms with Crippen molar-refractivity contribution >= 4 is 23.2 Å². The highest BCUT2D eigenvalue weighted by Gasteiger charge is 2.17. The van der Waals surface area contributed by atoms with E-state index in [2.05, 4.69) is 4.98 Å². The van der Waals surface area contributed by atoms with E-state index in [0.717, 1.165) is 0 Å². The fourth-order valence-corrected chi connectivity index (χ4v) is 1.77. The summed E-state index contributed by atoms with van der Waals surface area (Å²) in [5.41, 5.74) is 6.43. The van der Waals surface area contributed by atoms with Crippen molar-refractivity contribution in [2.45, 2.75) is 0 Å². The van der Waals surface area contributed by atoms with E-state index >= 15 is 0 Å². The highest BCUT2D eigenvalue weighted by Crippen LogP contribution is 2.26. The molecule has 0 amide bonds. The second kappa shape index (κ2) is 5.06. The van der Waals surface area contributed by atoms with Crippen molar-refractivity contribution in [3.63, 3.8) is 0 Å². The molecule has 0 bridgehead atoms. The summed E-state index contributed by atoms with van der Waals surface area (Å²) in [6, 6.07) is 8.10. The van der Waals surface area contributed by atoms with E-state index in [9.17, 15) is 4.79 Å². The van der Waals surface area contributed by atoms with Gasteiger partial charge in [-0.2, -0.15) is 0 Å². The van der Waals surface area contributed by atoms with Crippen LogP contribution in [0.15, 0.2) is 36.5 Å². The maximum Gasteiger partial charge on any atom is 0.200 e. The third-order valence-corrected chi connectivity index (χ3v) is 2.73. The number of hydrogen-bond acceptors (Lipinski definition) is 4. The zero-order chi connectivity index (χ0) is 13.1. The molecule has 0 saturated carbocycles. The molecule has 0 radical (unpaired) electrons. The quantitative estimate of drug-likeness (QED) is 0.864. The predicted molar refractivity (Wildman–Crippen MR) is 70.1 cm³/mol. The second-order valence-corrected chi connectivity index (χ2v) is 4.05. The molecule has 18 heavy (non-hydrogen) atoms. The molecular weight excluding hydrogens is 252 g/mol. The molecule has 0 fully saturated rings. The number of nitrogens with two attached hydrogens (primary N) is 1. The smallest absolute Gasteiger partial charge is 0.200 e. The Morgan fingerprint density at radius 1 is 1.33 bits per heavy atom. The summed E-state index contributed by atoms with van der Waals surface area (Å²) < 4.78 is 5.14. The van der Waals surface area contributed by atoms with Crippen LogP contribution in [0.2, 0.25) is 5.02 Å². The monoisotopic (exact) mass is 262 g/mol. The summed E-state index contributed by atoms with van der Waals surface area (Å²) in [5, 5.41) is 0.502. The predicted octanol–water partition coefficient (Wildman–Crippen LogP) is 2.56. The third kappa shape index (κ3) is 2.28. The summed E-state index contributed by atoms with van der Waals surface area (Å²) in [4.78, 5) is 16.2. The number of benzene rings is 1. The lowest BCUT2D eigenvalue weighted by Crippen LogP contribution is -2.08. The number of nitrogens with zero attached hydrogens (tertiary/aromatic N) is 1. The summed E-state index contributed by atoms with van der Waals surface area (Å²) in [7, 11) is 1.48. The lowest BCUT2D eigenvalue weighted by molar-refractivity contribution is 0.103. The van der Waals surface area contributed by atoms with Gasteiger partial charge in [-0.05, 0) is 30.3 Å². The normalized spacial score (nSPS) is 10.1. The van der Waals surface area contributed by atoms with Crippen LogP contribution in [0.4, 0.5) is 5.82 Å². The van der Waals surface area contributed by atoms with Gasteiger partial charge in [0.05, 0.1) is 18.2 Å². The number of carbonyl (C=O) groups excluding carboxylic acids is 1. The maximum absolute atomic E-state index is 12.3. The largest absolute Gasteiger partial charge is 0.496 e. The van der Waals surface area contributed by atoms with Crippen molar-refractivity contribution in [1.29, 1.82) is 0 Å². The van der Waals surface area contributed by atoms with Crippen LogP contribution in [0, 0.1) is 0 Å². The molecule has 2 aromatic rings. The van der Waals surface area contributed by atoms with Crippen LogP contribution in [-0.2, 0) is 0 Å². The molecule has 0 unspecified atom stereocenters. The fourth-order valence-electron chi connectivity index (χ4n) is 1.61. The molecular formula is C13H11ClN2O2. The highest BCUT2D eigenvalue weighted by atomic mass is 35.5. The van der Waals surface area contributed by atoms with E-state index in [1.165, 1.54) is 13.3 Å². The minimum absolute atomic E-state index is 0.194. The van der Waals surface area contributed by atoms with Gasteiger partial charge in [0.15, 0.2) is 5.78 Å². The molecule has 0 atom stereocenters. The maximum atomic E-state index is 12.3. The van der Waals surface area contributed by atoms with Gasteiger partial charge >= 0.3 is 0 Å². The Labute approximate surface area is 109 Å². The Morgan fingerprint density at radius 3 is 2.78 bits per heavy atom. The van der Waals surface area contributed by atoms with Crippen LogP contribution in [-0.4, -0.2) is 17.9 Å². The highest BCUT2D eigenvalue weighted by molar-refractivity contribution is 6.31. The number of nitrogen functional groups attached to an aromatic ring is 1. The Kier molecular flexibility index (Phi) is 3.48. The lowest BCUT2D eigenvalue weighted by atomic mass is 10.0. The Morgan fingerprint density at radius 2 is 2.11 bits per heavy atom. The van der Waals surface area contributed by atoms with E-state index in [4.69, 9.17) is 22.1 Å². The standard InChI is InChI=1S/C13H11ClN2O2/c1-18-11-7-8(14)4-5-9(11)12(17)10-3-2-6-16-13(10)15/h2-7H,1H3,(H2,15,16). The number of hydrogen-bond donors (Lipinski definition) is 1. The second-order valence-electron chi connectivity index (χ2n) is 3.61. The zero-order valence-electron chi connectivity index (χ0n) is 9.68. The molecule has 0 spiro atoms. The molecule has 92 valence electrons. The van der Waals surface area contributed by atoms with Crippen LogP contribution < -0.4 is 10.5 Å². The van der Waals surface area contributed by atoms with E-state index < -0.39 is 0 Å². The molecule has 1 aromatic carbocycles. The molecule has 0 saturated heterocycles. The van der Waals surface area contributed by atoms with Gasteiger partial charge in [0.2, 0.25) is 0 Å². The van der Waals surface area contributed by atoms with E-state index in [0.29, 0.717) is 21.9 Å². The van der Waals surface area contributed by atoms with Crippen molar-refractivity contribution < 1.29 is 9.53 Å². The van der Waals surface area contributed by atoms with Gasteiger partial charge in [-0.15, -0.1) is 0 Å². The first-order valence-corrected chi connectivity index (χ1v) is 5.60. The molecule has 2 N–H and O–H groups in total. The van der Waals surface area contributed by atoms with Crippen molar-refractivity contribution in [2.24, 2.45) is 0 Å². The van der Waals surface area contributed by atoms with Gasteiger partial charge in [-0.1, -0.05) is 11.6 Å². The molecule has 0 aliphatic rings. The Hall–Kier alpha value is -2.07. The van der Waals surface area contributed by atoms with Crippen molar-refractivity contribution in [1.82, 2.24) is 4.98 Å². The van der Waals surface area contributed by atoms with Crippen molar-refractivity contribution in [3.05, 3.63) is 52.7 Å². The SMILES string of the molecule is COc1cc(Cl)ccc1C(=O)c1cccnc1N. The van der Waals surface area contributed by atoms with Gasteiger partial charge in [0, 0.05) is 11.2 Å². The fraction of sp³-hybridized carbons (Fsp3) is 0.0769. The number of carbonyl (C=O) groups is 1. The number of aromatic nitrogens is 1. The van der Waals surface area contributed by atoms with Gasteiger partial charge in [-0.25, -0.2) is 4.98 Å². The number of halogens is 1. The lowest BCUT2D eigenvalue weighted by Gasteiger charge is -2.09. The van der Waals surface area contributed by atoms with Crippen LogP contribution in [0.25, 0.3) is 0 Å². The molecule has 4 nitrogen and oxygen atoms in total. The first kappa shape index (κ1) is 12.4. The van der Waals surface area contributed by atoms with Gasteiger partial charge in [0.25, 0.3) is 0 Å².